The van der Waals surface area contributed by atoms with Crippen molar-refractivity contribution in [1.29, 1.82) is 0 Å². The minimum atomic E-state index is -0.539. The molecule has 0 aliphatic carbocycles. The van der Waals surface area contributed by atoms with Crippen LogP contribution in [-0.4, -0.2) is 4.98 Å². The van der Waals surface area contributed by atoms with Gasteiger partial charge in [0, 0.05) is 5.92 Å². The van der Waals surface area contributed by atoms with Gasteiger partial charge in [-0.1, -0.05) is 19.9 Å². The maximum absolute atomic E-state index is 13.4. The van der Waals surface area contributed by atoms with Gasteiger partial charge in [0.2, 0.25) is 5.89 Å². The number of rotatable bonds is 1. The summed E-state index contributed by atoms with van der Waals surface area (Å²) in [5, 5.41) is 0.180. The highest BCUT2D eigenvalue weighted by Gasteiger charge is 2.11. The fourth-order valence-electron chi connectivity index (χ4n) is 1.32. The quantitative estimate of drug-likeness (QED) is 0.721. The van der Waals surface area contributed by atoms with Crippen molar-refractivity contribution in [1.82, 2.24) is 4.98 Å². The first-order chi connectivity index (χ1) is 7.09. The second kappa shape index (κ2) is 3.46. The van der Waals surface area contributed by atoms with E-state index in [0.29, 0.717) is 0 Å². The fraction of sp³-hybridized carbons (Fsp3) is 0.273. The second-order valence-corrected chi connectivity index (χ2v) is 3.63. The summed E-state index contributed by atoms with van der Waals surface area (Å²) in [5.74, 6) is -0.276. The molecule has 0 amide bonds. The van der Waals surface area contributed by atoms with E-state index in [9.17, 15) is 9.18 Å². The lowest BCUT2D eigenvalue weighted by molar-refractivity contribution is 0.423. The van der Waals surface area contributed by atoms with Gasteiger partial charge >= 0.3 is 5.63 Å². The van der Waals surface area contributed by atoms with E-state index in [1.165, 1.54) is 18.2 Å². The van der Waals surface area contributed by atoms with E-state index >= 15 is 0 Å². The third-order valence-electron chi connectivity index (χ3n) is 2.12. The summed E-state index contributed by atoms with van der Waals surface area (Å²) in [7, 11) is 0. The molecule has 0 aliphatic heterocycles. The van der Waals surface area contributed by atoms with Crippen molar-refractivity contribution in [3.63, 3.8) is 0 Å². The van der Waals surface area contributed by atoms with Crippen molar-refractivity contribution in [2.75, 3.05) is 0 Å². The standard InChI is InChI=1S/C11H10FNO2/c1-6(2)10-13-9-7(11(14)15-10)4-3-5-8(9)12/h3-6H,1-2H3. The summed E-state index contributed by atoms with van der Waals surface area (Å²) in [4.78, 5) is 15.5. The van der Waals surface area contributed by atoms with Gasteiger partial charge < -0.3 is 4.42 Å². The van der Waals surface area contributed by atoms with Crippen LogP contribution in [0.1, 0.15) is 25.7 Å². The predicted octanol–water partition coefficient (Wildman–Crippen LogP) is 2.45. The molecule has 0 radical (unpaired) electrons. The Hall–Kier alpha value is -1.71. The summed E-state index contributed by atoms with van der Waals surface area (Å²) in [6, 6.07) is 4.24. The Balaban J connectivity index is 2.86. The van der Waals surface area contributed by atoms with Gasteiger partial charge in [-0.3, -0.25) is 0 Å². The normalized spacial score (nSPS) is 11.2. The summed E-state index contributed by atoms with van der Waals surface area (Å²) < 4.78 is 18.3. The summed E-state index contributed by atoms with van der Waals surface area (Å²) in [6.07, 6.45) is 0. The van der Waals surface area contributed by atoms with Crippen LogP contribution in [0.3, 0.4) is 0 Å². The minimum Gasteiger partial charge on any atom is -0.408 e. The van der Waals surface area contributed by atoms with E-state index in [4.69, 9.17) is 4.42 Å². The molecule has 0 aliphatic rings. The largest absolute Gasteiger partial charge is 0.408 e. The lowest BCUT2D eigenvalue weighted by atomic mass is 10.2. The van der Waals surface area contributed by atoms with Gasteiger partial charge in [-0.15, -0.1) is 0 Å². The molecular formula is C11H10FNO2. The number of hydrogen-bond donors (Lipinski definition) is 0. The van der Waals surface area contributed by atoms with Gasteiger partial charge in [-0.05, 0) is 12.1 Å². The van der Waals surface area contributed by atoms with Gasteiger partial charge in [-0.25, -0.2) is 14.2 Å². The maximum Gasteiger partial charge on any atom is 0.346 e. The summed E-state index contributed by atoms with van der Waals surface area (Å²) >= 11 is 0. The third kappa shape index (κ3) is 1.63. The molecule has 2 aromatic rings. The van der Waals surface area contributed by atoms with Crippen LogP contribution in [0.4, 0.5) is 4.39 Å². The number of halogens is 1. The Morgan fingerprint density at radius 3 is 2.80 bits per heavy atom. The summed E-state index contributed by atoms with van der Waals surface area (Å²) in [5.41, 5.74) is -0.458. The Labute approximate surface area is 85.6 Å². The van der Waals surface area contributed by atoms with Crippen LogP contribution in [0.25, 0.3) is 10.9 Å². The van der Waals surface area contributed by atoms with E-state index in [0.717, 1.165) is 0 Å². The molecule has 0 bridgehead atoms. The molecule has 0 unspecified atom stereocenters. The molecule has 1 heterocycles. The van der Waals surface area contributed by atoms with Crippen LogP contribution < -0.4 is 5.63 Å². The van der Waals surface area contributed by atoms with Gasteiger partial charge in [0.1, 0.15) is 11.3 Å². The Morgan fingerprint density at radius 1 is 1.40 bits per heavy atom. The number of nitrogens with zero attached hydrogens (tertiary/aromatic N) is 1. The van der Waals surface area contributed by atoms with Crippen molar-refractivity contribution in [2.24, 2.45) is 0 Å². The van der Waals surface area contributed by atoms with Gasteiger partial charge in [-0.2, -0.15) is 0 Å². The lowest BCUT2D eigenvalue weighted by Crippen LogP contribution is -2.07. The zero-order chi connectivity index (χ0) is 11.0. The van der Waals surface area contributed by atoms with Gasteiger partial charge in [0.25, 0.3) is 0 Å². The van der Waals surface area contributed by atoms with Crippen molar-refractivity contribution < 1.29 is 8.81 Å². The highest BCUT2D eigenvalue weighted by molar-refractivity contribution is 5.77. The van der Waals surface area contributed by atoms with Crippen LogP contribution in [0.2, 0.25) is 0 Å². The number of fused-ring (bicyclic) bond motifs is 1. The summed E-state index contributed by atoms with van der Waals surface area (Å²) in [6.45, 7) is 3.66. The molecule has 78 valence electrons. The molecule has 0 fully saturated rings. The van der Waals surface area contributed by atoms with E-state index in [2.05, 4.69) is 4.98 Å². The molecule has 2 rings (SSSR count). The molecule has 15 heavy (non-hydrogen) atoms. The Kier molecular flexibility index (Phi) is 2.26. The molecule has 1 aromatic carbocycles. The Bertz CT molecular complexity index is 560. The van der Waals surface area contributed by atoms with Crippen LogP contribution in [0, 0.1) is 5.82 Å². The van der Waals surface area contributed by atoms with Crippen LogP contribution in [0.5, 0.6) is 0 Å². The van der Waals surface area contributed by atoms with Crippen LogP contribution >= 0.6 is 0 Å². The molecule has 1 aromatic heterocycles. The van der Waals surface area contributed by atoms with Crippen molar-refractivity contribution in [3.8, 4) is 0 Å². The van der Waals surface area contributed by atoms with E-state index in [1.807, 2.05) is 13.8 Å². The van der Waals surface area contributed by atoms with E-state index in [1.54, 1.807) is 0 Å². The molecule has 0 spiro atoms. The first-order valence-corrected chi connectivity index (χ1v) is 4.69. The molecule has 0 saturated carbocycles. The minimum absolute atomic E-state index is 0.0401. The SMILES string of the molecule is CC(C)c1nc2c(F)cccc2c(=O)o1. The van der Waals surface area contributed by atoms with Gasteiger partial charge in [0.15, 0.2) is 0 Å². The number of hydrogen-bond acceptors (Lipinski definition) is 3. The number of aromatic nitrogens is 1. The lowest BCUT2D eigenvalue weighted by Gasteiger charge is -2.03. The zero-order valence-electron chi connectivity index (χ0n) is 8.45. The molecule has 3 nitrogen and oxygen atoms in total. The maximum atomic E-state index is 13.4. The molecule has 0 atom stereocenters. The highest BCUT2D eigenvalue weighted by atomic mass is 19.1. The predicted molar refractivity (Wildman–Crippen MR) is 54.3 cm³/mol. The van der Waals surface area contributed by atoms with Crippen LogP contribution in [0.15, 0.2) is 27.4 Å². The molecule has 4 heteroatoms. The van der Waals surface area contributed by atoms with Crippen molar-refractivity contribution in [3.05, 3.63) is 40.3 Å². The number of para-hydroxylation sites is 1. The third-order valence-corrected chi connectivity index (χ3v) is 2.12. The number of benzene rings is 1. The monoisotopic (exact) mass is 207 g/mol. The highest BCUT2D eigenvalue weighted by Crippen LogP contribution is 2.16. The Morgan fingerprint density at radius 2 is 2.13 bits per heavy atom. The zero-order valence-corrected chi connectivity index (χ0v) is 8.45. The molecular weight excluding hydrogens is 197 g/mol. The second-order valence-electron chi connectivity index (χ2n) is 3.63. The van der Waals surface area contributed by atoms with Gasteiger partial charge in [0.05, 0.1) is 5.39 Å². The fourth-order valence-corrected chi connectivity index (χ4v) is 1.32. The van der Waals surface area contributed by atoms with E-state index in [-0.39, 0.29) is 22.7 Å². The van der Waals surface area contributed by atoms with Crippen molar-refractivity contribution >= 4 is 10.9 Å². The van der Waals surface area contributed by atoms with E-state index < -0.39 is 11.4 Å². The topological polar surface area (TPSA) is 43.1 Å². The van der Waals surface area contributed by atoms with Crippen LogP contribution in [-0.2, 0) is 0 Å². The molecule has 0 N–H and O–H groups in total. The molecule has 0 saturated heterocycles. The first-order valence-electron chi connectivity index (χ1n) is 4.69. The average molecular weight is 207 g/mol. The smallest absolute Gasteiger partial charge is 0.346 e. The van der Waals surface area contributed by atoms with Crippen molar-refractivity contribution in [2.45, 2.75) is 19.8 Å². The average Bonchev–Trinajstić information content (AvgIpc) is 2.19. The first kappa shape index (κ1) is 9.83.